The Labute approximate surface area is 150 Å². The Hall–Kier alpha value is -3.22. The molecule has 1 aliphatic heterocycles. The van der Waals surface area contributed by atoms with Crippen LogP contribution in [0.25, 0.3) is 11.3 Å². The van der Waals surface area contributed by atoms with Crippen molar-refractivity contribution in [3.05, 3.63) is 70.5 Å². The van der Waals surface area contributed by atoms with Gasteiger partial charge in [0, 0.05) is 36.8 Å². The van der Waals surface area contributed by atoms with Gasteiger partial charge in [0.05, 0.1) is 17.7 Å². The lowest BCUT2D eigenvalue weighted by molar-refractivity contribution is 0.0706. The van der Waals surface area contributed by atoms with Gasteiger partial charge in [-0.3, -0.25) is 14.7 Å². The molecule has 2 aromatic heterocycles. The molecule has 7 heteroatoms. The highest BCUT2D eigenvalue weighted by atomic mass is 16.2. The molecular weight excluding hydrogens is 330 g/mol. The lowest BCUT2D eigenvalue weighted by atomic mass is 9.94. The smallest absolute Gasteiger partial charge is 0.253 e. The number of rotatable bonds is 3. The van der Waals surface area contributed by atoms with Crippen LogP contribution in [0, 0.1) is 0 Å². The van der Waals surface area contributed by atoms with Gasteiger partial charge in [-0.15, -0.1) is 0 Å². The molecule has 26 heavy (non-hydrogen) atoms. The van der Waals surface area contributed by atoms with Crippen LogP contribution >= 0.6 is 0 Å². The van der Waals surface area contributed by atoms with Gasteiger partial charge in [-0.05, 0) is 36.6 Å². The van der Waals surface area contributed by atoms with Crippen LogP contribution in [0.1, 0.15) is 34.8 Å². The molecule has 4 rings (SSSR count). The standard InChI is InChI=1S/C19H19N5O2/c25-18-10-17(20-12-21-18)15-2-1-9-24(11-15)19(26)14-5-3-13(4-6-14)16-7-8-22-23-16/h3-8,10,12,15H,1-2,9,11H2,(H,22,23)(H,20,21,25)/t15-/m1/s1. The molecule has 0 aliphatic carbocycles. The number of H-pyrrole nitrogens is 2. The van der Waals surface area contributed by atoms with E-state index >= 15 is 0 Å². The molecule has 1 aliphatic rings. The Kier molecular flexibility index (Phi) is 4.35. The van der Waals surface area contributed by atoms with Gasteiger partial charge in [0.15, 0.2) is 0 Å². The molecule has 1 fully saturated rings. The molecule has 1 saturated heterocycles. The van der Waals surface area contributed by atoms with Crippen LogP contribution in [0.2, 0.25) is 0 Å². The highest BCUT2D eigenvalue weighted by Crippen LogP contribution is 2.26. The minimum atomic E-state index is -0.159. The molecule has 1 atom stereocenters. The second-order valence-corrected chi connectivity index (χ2v) is 6.47. The maximum atomic E-state index is 12.9. The first-order chi connectivity index (χ1) is 12.7. The lowest BCUT2D eigenvalue weighted by Crippen LogP contribution is -2.39. The minimum Gasteiger partial charge on any atom is -0.338 e. The highest BCUT2D eigenvalue weighted by Gasteiger charge is 2.26. The van der Waals surface area contributed by atoms with Crippen molar-refractivity contribution in [1.29, 1.82) is 0 Å². The third-order valence-electron chi connectivity index (χ3n) is 4.77. The van der Waals surface area contributed by atoms with Crippen LogP contribution in [-0.4, -0.2) is 44.1 Å². The van der Waals surface area contributed by atoms with Crippen molar-refractivity contribution in [3.63, 3.8) is 0 Å². The van der Waals surface area contributed by atoms with Gasteiger partial charge in [0.2, 0.25) is 0 Å². The Morgan fingerprint density at radius 1 is 1.19 bits per heavy atom. The summed E-state index contributed by atoms with van der Waals surface area (Å²) in [5.41, 5.74) is 3.16. The number of piperidine rings is 1. The fourth-order valence-corrected chi connectivity index (χ4v) is 3.40. The van der Waals surface area contributed by atoms with E-state index in [0.29, 0.717) is 12.1 Å². The van der Waals surface area contributed by atoms with Gasteiger partial charge in [-0.1, -0.05) is 12.1 Å². The molecular formula is C19H19N5O2. The molecule has 2 N–H and O–H groups in total. The summed E-state index contributed by atoms with van der Waals surface area (Å²) in [6.45, 7) is 1.30. The summed E-state index contributed by atoms with van der Waals surface area (Å²) in [6.07, 6.45) is 4.95. The summed E-state index contributed by atoms with van der Waals surface area (Å²) in [5.74, 6) is 0.106. The second kappa shape index (κ2) is 6.95. The van der Waals surface area contributed by atoms with E-state index in [2.05, 4.69) is 20.2 Å². The molecule has 1 aromatic carbocycles. The number of amides is 1. The predicted octanol–water partition coefficient (Wildman–Crippen LogP) is 2.18. The number of hydrogen-bond acceptors (Lipinski definition) is 4. The van der Waals surface area contributed by atoms with E-state index in [1.807, 2.05) is 35.2 Å². The molecule has 0 saturated carbocycles. The van der Waals surface area contributed by atoms with Crippen molar-refractivity contribution >= 4 is 5.91 Å². The number of nitrogens with zero attached hydrogens (tertiary/aromatic N) is 3. The topological polar surface area (TPSA) is 94.7 Å². The Morgan fingerprint density at radius 3 is 2.77 bits per heavy atom. The zero-order chi connectivity index (χ0) is 17.9. The van der Waals surface area contributed by atoms with Crippen LogP contribution in [0.5, 0.6) is 0 Å². The molecule has 0 spiro atoms. The average molecular weight is 349 g/mol. The zero-order valence-corrected chi connectivity index (χ0v) is 14.2. The van der Waals surface area contributed by atoms with E-state index in [9.17, 15) is 9.59 Å². The molecule has 0 unspecified atom stereocenters. The summed E-state index contributed by atoms with van der Waals surface area (Å²) < 4.78 is 0. The van der Waals surface area contributed by atoms with E-state index in [0.717, 1.165) is 36.3 Å². The maximum absolute atomic E-state index is 12.9. The summed E-state index contributed by atoms with van der Waals surface area (Å²) in [7, 11) is 0. The van der Waals surface area contributed by atoms with Crippen LogP contribution < -0.4 is 5.56 Å². The van der Waals surface area contributed by atoms with Gasteiger partial charge in [0.1, 0.15) is 0 Å². The Balaban J connectivity index is 1.50. The van der Waals surface area contributed by atoms with Gasteiger partial charge in [0.25, 0.3) is 11.5 Å². The van der Waals surface area contributed by atoms with E-state index in [4.69, 9.17) is 0 Å². The summed E-state index contributed by atoms with van der Waals surface area (Å²) >= 11 is 0. The normalized spacial score (nSPS) is 17.2. The van der Waals surface area contributed by atoms with E-state index in [1.54, 1.807) is 6.20 Å². The molecule has 1 amide bonds. The van der Waals surface area contributed by atoms with Gasteiger partial charge < -0.3 is 9.88 Å². The maximum Gasteiger partial charge on any atom is 0.253 e. The van der Waals surface area contributed by atoms with Crippen molar-refractivity contribution in [2.45, 2.75) is 18.8 Å². The van der Waals surface area contributed by atoms with E-state index < -0.39 is 0 Å². The molecule has 3 heterocycles. The van der Waals surface area contributed by atoms with E-state index in [-0.39, 0.29) is 17.4 Å². The van der Waals surface area contributed by atoms with Crippen molar-refractivity contribution in [3.8, 4) is 11.3 Å². The number of benzene rings is 1. The van der Waals surface area contributed by atoms with Crippen molar-refractivity contribution in [2.24, 2.45) is 0 Å². The molecule has 0 radical (unpaired) electrons. The van der Waals surface area contributed by atoms with Crippen LogP contribution in [0.4, 0.5) is 0 Å². The molecule has 3 aromatic rings. The third-order valence-corrected chi connectivity index (χ3v) is 4.77. The largest absolute Gasteiger partial charge is 0.338 e. The van der Waals surface area contributed by atoms with Crippen molar-refractivity contribution in [2.75, 3.05) is 13.1 Å². The van der Waals surface area contributed by atoms with Gasteiger partial charge >= 0.3 is 0 Å². The number of aromatic amines is 2. The number of carbonyl (C=O) groups excluding carboxylic acids is 1. The number of aromatic nitrogens is 4. The Morgan fingerprint density at radius 2 is 2.04 bits per heavy atom. The monoisotopic (exact) mass is 349 g/mol. The number of hydrogen-bond donors (Lipinski definition) is 2. The average Bonchev–Trinajstić information content (AvgIpc) is 3.22. The predicted molar refractivity (Wildman–Crippen MR) is 96.8 cm³/mol. The van der Waals surface area contributed by atoms with Crippen molar-refractivity contribution < 1.29 is 4.79 Å². The summed E-state index contributed by atoms with van der Waals surface area (Å²) in [4.78, 5) is 33.0. The Bertz CT molecular complexity index is 947. The van der Waals surface area contributed by atoms with Crippen LogP contribution in [-0.2, 0) is 0 Å². The second-order valence-electron chi connectivity index (χ2n) is 6.47. The summed E-state index contributed by atoms with van der Waals surface area (Å²) in [5, 5.41) is 6.86. The molecule has 132 valence electrons. The quantitative estimate of drug-likeness (QED) is 0.758. The minimum absolute atomic E-state index is 0.00991. The first-order valence-electron chi connectivity index (χ1n) is 8.64. The third kappa shape index (κ3) is 3.28. The SMILES string of the molecule is O=C(c1ccc(-c2ccn[nH]2)cc1)N1CCC[C@@H](c2cc(=O)[nH]cn2)C1. The number of carbonyl (C=O) groups is 1. The fraction of sp³-hybridized carbons (Fsp3) is 0.263. The number of likely N-dealkylation sites (tertiary alicyclic amines) is 1. The first kappa shape index (κ1) is 16.3. The number of nitrogens with one attached hydrogen (secondary N) is 2. The first-order valence-corrected chi connectivity index (χ1v) is 8.64. The van der Waals surface area contributed by atoms with Crippen LogP contribution in [0.15, 0.2) is 53.7 Å². The van der Waals surface area contributed by atoms with Crippen molar-refractivity contribution in [1.82, 2.24) is 25.1 Å². The van der Waals surface area contributed by atoms with E-state index in [1.165, 1.54) is 12.4 Å². The lowest BCUT2D eigenvalue weighted by Gasteiger charge is -2.32. The zero-order valence-electron chi connectivity index (χ0n) is 14.2. The van der Waals surface area contributed by atoms with Crippen LogP contribution in [0.3, 0.4) is 0 Å². The van der Waals surface area contributed by atoms with Gasteiger partial charge in [-0.2, -0.15) is 5.10 Å². The van der Waals surface area contributed by atoms with Gasteiger partial charge in [-0.25, -0.2) is 4.98 Å². The highest BCUT2D eigenvalue weighted by molar-refractivity contribution is 5.94. The summed E-state index contributed by atoms with van der Waals surface area (Å²) in [6, 6.07) is 10.9. The fourth-order valence-electron chi connectivity index (χ4n) is 3.40. The molecule has 0 bridgehead atoms. The molecule has 7 nitrogen and oxygen atoms in total.